The van der Waals surface area contributed by atoms with Crippen LogP contribution < -0.4 is 0 Å². The Morgan fingerprint density at radius 2 is 1.43 bits per heavy atom. The summed E-state index contributed by atoms with van der Waals surface area (Å²) in [5, 5.41) is 0. The minimum atomic E-state index is -1.71. The van der Waals surface area contributed by atoms with E-state index < -0.39 is 5.97 Å². The molecule has 0 spiro atoms. The van der Waals surface area contributed by atoms with Crippen LogP contribution in [0.2, 0.25) is 0 Å². The summed E-state index contributed by atoms with van der Waals surface area (Å²) in [6, 6.07) is 0. The van der Waals surface area contributed by atoms with Crippen LogP contribution in [0.5, 0.6) is 0 Å². The molecule has 0 N–H and O–H groups in total. The molecular weight excluding hydrogens is 150 g/mol. The van der Waals surface area contributed by atoms with Crippen molar-refractivity contribution in [1.82, 2.24) is 0 Å². The normalized spacial score (nSPS) is 14.3. The van der Waals surface area contributed by atoms with Crippen molar-refractivity contribution in [2.75, 3.05) is 12.3 Å². The second kappa shape index (κ2) is 3.12. The summed E-state index contributed by atoms with van der Waals surface area (Å²) in [4.78, 5) is 0. The van der Waals surface area contributed by atoms with Crippen molar-refractivity contribution in [3.63, 3.8) is 0 Å². The van der Waals surface area contributed by atoms with Crippen molar-refractivity contribution >= 4 is 28.4 Å². The van der Waals surface area contributed by atoms with Gasteiger partial charge in [-0.1, -0.05) is 0 Å². The molecule has 0 aliphatic heterocycles. The molecule has 46 valence electrons. The van der Waals surface area contributed by atoms with Crippen molar-refractivity contribution in [3.05, 3.63) is 0 Å². The first-order valence-electron chi connectivity index (χ1n) is 2.50. The van der Waals surface area contributed by atoms with Crippen LogP contribution in [0.25, 0.3) is 0 Å². The van der Waals surface area contributed by atoms with E-state index in [2.05, 4.69) is 0 Å². The van der Waals surface area contributed by atoms with E-state index in [-0.39, 0.29) is 0 Å². The van der Waals surface area contributed by atoms with Crippen molar-refractivity contribution in [2.24, 2.45) is 0 Å². The summed E-state index contributed by atoms with van der Waals surface area (Å²) in [6.07, 6.45) is 1.93. The third-order valence-corrected chi connectivity index (χ3v) is 6.31. The number of rotatable bonds is 2. The van der Waals surface area contributed by atoms with Gasteiger partial charge in [-0.3, -0.25) is 0 Å². The predicted octanol–water partition coefficient (Wildman–Crippen LogP) is 3.08. The van der Waals surface area contributed by atoms with Gasteiger partial charge in [-0.25, -0.2) is 0 Å². The zero-order valence-electron chi connectivity index (χ0n) is 4.67. The number of hydrogen-bond donors (Lipinski definition) is 0. The summed E-state index contributed by atoms with van der Waals surface area (Å²) < 4.78 is 0. The van der Waals surface area contributed by atoms with Gasteiger partial charge in [0.25, 0.3) is 0 Å². The Morgan fingerprint density at radius 3 is 1.43 bits per heavy atom. The molecule has 0 fully saturated rings. The van der Waals surface area contributed by atoms with Crippen LogP contribution in [-0.4, -0.2) is 12.3 Å². The maximum atomic E-state index is 5.81. The molecule has 3 heteroatoms. The SMILES string of the molecule is CC[PH](Cl)(Cl)CC. The number of hydrogen-bond acceptors (Lipinski definition) is 0. The molecule has 0 radical (unpaired) electrons. The van der Waals surface area contributed by atoms with E-state index in [4.69, 9.17) is 22.5 Å². The zero-order chi connectivity index (χ0) is 5.91. The monoisotopic (exact) mass is 160 g/mol. The molecule has 0 heterocycles. The average Bonchev–Trinajstić information content (AvgIpc) is 1.68. The fourth-order valence-corrected chi connectivity index (χ4v) is 0.750. The van der Waals surface area contributed by atoms with Gasteiger partial charge in [-0.15, -0.1) is 0 Å². The van der Waals surface area contributed by atoms with E-state index in [1.54, 1.807) is 0 Å². The third-order valence-electron chi connectivity index (χ3n) is 1.03. The molecule has 0 rings (SSSR count). The van der Waals surface area contributed by atoms with E-state index in [0.717, 1.165) is 12.3 Å². The fraction of sp³-hybridized carbons (Fsp3) is 1.00. The zero-order valence-corrected chi connectivity index (χ0v) is 7.18. The minimum absolute atomic E-state index is 0.965. The molecule has 0 nitrogen and oxygen atoms in total. The summed E-state index contributed by atoms with van der Waals surface area (Å²) in [5.41, 5.74) is 0. The van der Waals surface area contributed by atoms with Crippen molar-refractivity contribution in [3.8, 4) is 0 Å². The van der Waals surface area contributed by atoms with Crippen LogP contribution in [0.15, 0.2) is 0 Å². The molecule has 0 aromatic carbocycles. The van der Waals surface area contributed by atoms with Gasteiger partial charge < -0.3 is 0 Å². The first kappa shape index (κ1) is 8.01. The van der Waals surface area contributed by atoms with Gasteiger partial charge in [0, 0.05) is 0 Å². The Morgan fingerprint density at radius 1 is 1.14 bits per heavy atom. The first-order chi connectivity index (χ1) is 3.12. The molecular formula is C4H11Cl2P. The Hall–Kier alpha value is 1.01. The molecule has 0 unspecified atom stereocenters. The van der Waals surface area contributed by atoms with Crippen molar-refractivity contribution in [1.29, 1.82) is 0 Å². The second-order valence-electron chi connectivity index (χ2n) is 1.56. The van der Waals surface area contributed by atoms with E-state index in [1.165, 1.54) is 0 Å². The standard InChI is InChI=1S/C4H11Cl2P/c1-3-7(5,6)4-2/h7H,3-4H2,1-2H3. The molecule has 7 heavy (non-hydrogen) atoms. The molecule has 0 amide bonds. The van der Waals surface area contributed by atoms with Gasteiger partial charge in [-0.05, 0) is 0 Å². The molecule has 0 aromatic heterocycles. The van der Waals surface area contributed by atoms with Gasteiger partial charge in [0.2, 0.25) is 0 Å². The van der Waals surface area contributed by atoms with Gasteiger partial charge in [0.15, 0.2) is 0 Å². The van der Waals surface area contributed by atoms with Crippen LogP contribution in [0.4, 0.5) is 0 Å². The molecule has 0 saturated heterocycles. The molecule has 0 aliphatic carbocycles. The quantitative estimate of drug-likeness (QED) is 0.546. The Labute approximate surface area is 55.1 Å². The Balaban J connectivity index is 3.36. The summed E-state index contributed by atoms with van der Waals surface area (Å²) in [5.74, 6) is -1.71. The molecule has 0 bridgehead atoms. The average molecular weight is 161 g/mol. The molecule has 0 aromatic rings. The van der Waals surface area contributed by atoms with Crippen LogP contribution >= 0.6 is 28.4 Å². The van der Waals surface area contributed by atoms with E-state index in [1.807, 2.05) is 13.8 Å². The summed E-state index contributed by atoms with van der Waals surface area (Å²) >= 11 is 11.6. The van der Waals surface area contributed by atoms with Crippen LogP contribution in [0.3, 0.4) is 0 Å². The summed E-state index contributed by atoms with van der Waals surface area (Å²) in [7, 11) is 0. The first-order valence-corrected chi connectivity index (χ1v) is 6.94. The van der Waals surface area contributed by atoms with Crippen LogP contribution in [0, 0.1) is 0 Å². The predicted molar refractivity (Wildman–Crippen MR) is 41.1 cm³/mol. The topological polar surface area (TPSA) is 0 Å². The second-order valence-corrected chi connectivity index (χ2v) is 9.61. The van der Waals surface area contributed by atoms with Gasteiger partial charge in [0.05, 0.1) is 0 Å². The van der Waals surface area contributed by atoms with Gasteiger partial charge >= 0.3 is 54.6 Å². The van der Waals surface area contributed by atoms with Gasteiger partial charge in [-0.2, -0.15) is 0 Å². The molecule has 0 saturated carbocycles. The van der Waals surface area contributed by atoms with E-state index >= 15 is 0 Å². The van der Waals surface area contributed by atoms with Crippen molar-refractivity contribution < 1.29 is 0 Å². The van der Waals surface area contributed by atoms with Crippen LogP contribution in [-0.2, 0) is 0 Å². The van der Waals surface area contributed by atoms with E-state index in [9.17, 15) is 0 Å². The summed E-state index contributed by atoms with van der Waals surface area (Å²) in [6.45, 7) is 4.07. The number of halogens is 2. The maximum absolute atomic E-state index is 5.81. The van der Waals surface area contributed by atoms with E-state index in [0.29, 0.717) is 0 Å². The molecule has 0 aliphatic rings. The Bertz CT molecular complexity index is 47.7. The molecule has 0 atom stereocenters. The van der Waals surface area contributed by atoms with Crippen molar-refractivity contribution in [2.45, 2.75) is 13.8 Å². The third kappa shape index (κ3) is 3.58. The van der Waals surface area contributed by atoms with Gasteiger partial charge in [0.1, 0.15) is 0 Å². The Kier molecular flexibility index (Phi) is 3.57. The fourth-order valence-electron chi connectivity index (χ4n) is 0.250. The van der Waals surface area contributed by atoms with Crippen LogP contribution in [0.1, 0.15) is 13.8 Å².